The molecule has 1 amide bonds. The van der Waals surface area contributed by atoms with Gasteiger partial charge < -0.3 is 10.2 Å². The van der Waals surface area contributed by atoms with Gasteiger partial charge in [-0.1, -0.05) is 47.5 Å². The molecule has 0 unspecified atom stereocenters. The van der Waals surface area contributed by atoms with Crippen LogP contribution in [0.1, 0.15) is 15.9 Å². The van der Waals surface area contributed by atoms with Crippen LogP contribution in [0, 0.1) is 3.57 Å². The molecule has 3 aromatic carbocycles. The molecule has 1 saturated heterocycles. The van der Waals surface area contributed by atoms with Gasteiger partial charge in [0.05, 0.1) is 10.7 Å². The third-order valence-electron chi connectivity index (χ3n) is 5.58. The molecule has 0 bridgehead atoms. The van der Waals surface area contributed by atoms with Gasteiger partial charge in [-0.15, -0.1) is 0 Å². The molecule has 4 rings (SSSR count). The van der Waals surface area contributed by atoms with Gasteiger partial charge in [-0.25, -0.2) is 0 Å². The van der Waals surface area contributed by atoms with Crippen molar-refractivity contribution >= 4 is 80.4 Å². The summed E-state index contributed by atoms with van der Waals surface area (Å²) in [6.07, 6.45) is 0. The van der Waals surface area contributed by atoms with Crippen molar-refractivity contribution in [2.75, 3.05) is 36.4 Å². The molecule has 0 aromatic heterocycles. The topological polar surface area (TPSA) is 47.6 Å². The molecule has 2 N–H and O–H groups in total. The maximum absolute atomic E-state index is 12.4. The minimum atomic E-state index is -0.256. The first-order valence-corrected chi connectivity index (χ1v) is 13.0. The largest absolute Gasteiger partial charge is 0.368 e. The normalized spacial score (nSPS) is 14.0. The Bertz CT molecular complexity index is 1200. The van der Waals surface area contributed by atoms with Crippen molar-refractivity contribution in [2.24, 2.45) is 0 Å². The molecule has 0 aliphatic carbocycles. The van der Waals surface area contributed by atoms with Crippen LogP contribution in [0.2, 0.25) is 10.0 Å². The minimum Gasteiger partial charge on any atom is -0.368 e. The summed E-state index contributed by atoms with van der Waals surface area (Å²) in [6.45, 7) is 4.45. The van der Waals surface area contributed by atoms with Crippen LogP contribution in [-0.4, -0.2) is 42.1 Å². The molecule has 1 aliphatic heterocycles. The van der Waals surface area contributed by atoms with Crippen molar-refractivity contribution < 1.29 is 4.79 Å². The van der Waals surface area contributed by atoms with Crippen molar-refractivity contribution in [3.63, 3.8) is 0 Å². The number of carbonyl (C=O) groups is 1. The zero-order chi connectivity index (χ0) is 24.1. The Labute approximate surface area is 228 Å². The Morgan fingerprint density at radius 3 is 2.41 bits per heavy atom. The van der Waals surface area contributed by atoms with Crippen molar-refractivity contribution in [1.82, 2.24) is 10.2 Å². The molecule has 0 radical (unpaired) electrons. The number of hydrogen-bond acceptors (Lipinski definition) is 4. The highest BCUT2D eigenvalue weighted by Gasteiger charge is 2.20. The van der Waals surface area contributed by atoms with E-state index in [1.165, 1.54) is 0 Å². The molecule has 34 heavy (non-hydrogen) atoms. The lowest BCUT2D eigenvalue weighted by atomic mass is 10.2. The quantitative estimate of drug-likeness (QED) is 0.268. The number of benzene rings is 3. The highest BCUT2D eigenvalue weighted by atomic mass is 127. The number of halogens is 3. The van der Waals surface area contributed by atoms with Crippen molar-refractivity contribution in [3.8, 4) is 0 Å². The summed E-state index contributed by atoms with van der Waals surface area (Å²) in [6, 6.07) is 21.0. The molecule has 0 spiro atoms. The van der Waals surface area contributed by atoms with E-state index in [2.05, 4.69) is 49.1 Å². The van der Waals surface area contributed by atoms with Gasteiger partial charge in [0.15, 0.2) is 5.11 Å². The zero-order valence-electron chi connectivity index (χ0n) is 18.2. The van der Waals surface area contributed by atoms with Crippen LogP contribution in [0.3, 0.4) is 0 Å². The van der Waals surface area contributed by atoms with E-state index in [1.807, 2.05) is 48.5 Å². The maximum atomic E-state index is 12.4. The van der Waals surface area contributed by atoms with E-state index in [0.29, 0.717) is 10.6 Å². The lowest BCUT2D eigenvalue weighted by Crippen LogP contribution is -2.46. The van der Waals surface area contributed by atoms with Crippen molar-refractivity contribution in [3.05, 3.63) is 91.5 Å². The first-order valence-electron chi connectivity index (χ1n) is 10.8. The van der Waals surface area contributed by atoms with E-state index in [-0.39, 0.29) is 11.0 Å². The van der Waals surface area contributed by atoms with E-state index in [4.69, 9.17) is 35.4 Å². The van der Waals surface area contributed by atoms with Gasteiger partial charge in [-0.05, 0) is 82.8 Å². The van der Waals surface area contributed by atoms with E-state index in [0.717, 1.165) is 58.3 Å². The summed E-state index contributed by atoms with van der Waals surface area (Å²) < 4.78 is 0.983. The lowest BCUT2D eigenvalue weighted by molar-refractivity contribution is 0.0977. The third-order valence-corrected chi connectivity index (χ3v) is 7.13. The summed E-state index contributed by atoms with van der Waals surface area (Å²) in [5.41, 5.74) is 3.41. The predicted octanol–water partition coefficient (Wildman–Crippen LogP) is 6.05. The molecule has 1 fully saturated rings. The van der Waals surface area contributed by atoms with Gasteiger partial charge in [0.1, 0.15) is 0 Å². The van der Waals surface area contributed by atoms with Gasteiger partial charge in [-0.2, -0.15) is 0 Å². The number of anilines is 2. The van der Waals surface area contributed by atoms with Gasteiger partial charge in [-0.3, -0.25) is 15.0 Å². The molecule has 176 valence electrons. The van der Waals surface area contributed by atoms with E-state index < -0.39 is 0 Å². The Kier molecular flexibility index (Phi) is 8.65. The van der Waals surface area contributed by atoms with Crippen LogP contribution in [-0.2, 0) is 6.54 Å². The van der Waals surface area contributed by atoms with Crippen molar-refractivity contribution in [2.45, 2.75) is 6.54 Å². The molecule has 5 nitrogen and oxygen atoms in total. The molecule has 1 heterocycles. The van der Waals surface area contributed by atoms with E-state index in [9.17, 15) is 4.79 Å². The number of carbonyl (C=O) groups excluding carboxylic acids is 1. The first kappa shape index (κ1) is 25.2. The number of rotatable bonds is 5. The van der Waals surface area contributed by atoms with Gasteiger partial charge in [0.2, 0.25) is 0 Å². The fraction of sp³-hybridized carbons (Fsp3) is 0.200. The zero-order valence-corrected chi connectivity index (χ0v) is 22.7. The summed E-state index contributed by atoms with van der Waals surface area (Å²) in [7, 11) is 0. The average molecular weight is 625 g/mol. The molecule has 0 atom stereocenters. The highest BCUT2D eigenvalue weighted by Crippen LogP contribution is 2.30. The Balaban J connectivity index is 1.31. The van der Waals surface area contributed by atoms with Crippen LogP contribution >= 0.6 is 58.0 Å². The number of amides is 1. The molecule has 3 aromatic rings. The molecule has 0 saturated carbocycles. The van der Waals surface area contributed by atoms with Crippen LogP contribution in [0.15, 0.2) is 66.7 Å². The second-order valence-corrected chi connectivity index (χ2v) is 10.4. The smallest absolute Gasteiger partial charge is 0.257 e. The van der Waals surface area contributed by atoms with Crippen LogP contribution < -0.4 is 15.5 Å². The number of nitrogens with one attached hydrogen (secondary N) is 2. The molecular weight excluding hydrogens is 602 g/mol. The number of piperazine rings is 1. The summed E-state index contributed by atoms with van der Waals surface area (Å²) in [5, 5.41) is 7.42. The first-order chi connectivity index (χ1) is 16.4. The lowest BCUT2D eigenvalue weighted by Gasteiger charge is -2.36. The van der Waals surface area contributed by atoms with Gasteiger partial charge in [0, 0.05) is 52.6 Å². The van der Waals surface area contributed by atoms with Crippen LogP contribution in [0.25, 0.3) is 0 Å². The minimum absolute atomic E-state index is 0.223. The van der Waals surface area contributed by atoms with Gasteiger partial charge >= 0.3 is 0 Å². The van der Waals surface area contributed by atoms with Crippen LogP contribution in [0.4, 0.5) is 11.4 Å². The summed E-state index contributed by atoms with van der Waals surface area (Å²) >= 11 is 20.4. The average Bonchev–Trinajstić information content (AvgIpc) is 2.81. The monoisotopic (exact) mass is 624 g/mol. The van der Waals surface area contributed by atoms with E-state index >= 15 is 0 Å². The van der Waals surface area contributed by atoms with Gasteiger partial charge in [0.25, 0.3) is 5.91 Å². The third kappa shape index (κ3) is 6.60. The molecule has 1 aliphatic rings. The van der Waals surface area contributed by atoms with Crippen molar-refractivity contribution in [1.29, 1.82) is 0 Å². The number of nitrogens with zero attached hydrogens (tertiary/aromatic N) is 2. The molecular formula is C25H23Cl2IN4OS. The fourth-order valence-corrected chi connectivity index (χ4v) is 5.07. The Hall–Kier alpha value is -1.91. The standard InChI is InChI=1S/C25H23Cl2IN4OS/c26-21-7-2-1-4-18(21)16-31-10-12-32(13-11-31)23-9-8-20(15-22(23)27)29-25(34)30-24(33)17-5-3-6-19(28)14-17/h1-9,14-15H,10-13,16H2,(H2,29,30,33,34). The Morgan fingerprint density at radius 2 is 1.71 bits per heavy atom. The highest BCUT2D eigenvalue weighted by molar-refractivity contribution is 14.1. The van der Waals surface area contributed by atoms with Crippen LogP contribution in [0.5, 0.6) is 0 Å². The molecule has 9 heteroatoms. The fourth-order valence-electron chi connectivity index (χ4n) is 3.82. The second kappa shape index (κ2) is 11.7. The number of hydrogen-bond donors (Lipinski definition) is 2. The predicted molar refractivity (Wildman–Crippen MR) is 153 cm³/mol. The SMILES string of the molecule is O=C(NC(=S)Nc1ccc(N2CCN(Cc3ccccc3Cl)CC2)c(Cl)c1)c1cccc(I)c1. The second-order valence-electron chi connectivity index (χ2n) is 7.94. The Morgan fingerprint density at radius 1 is 0.941 bits per heavy atom. The summed E-state index contributed by atoms with van der Waals surface area (Å²) in [4.78, 5) is 17.1. The number of thiocarbonyl (C=S) groups is 1. The van der Waals surface area contributed by atoms with E-state index in [1.54, 1.807) is 12.1 Å². The maximum Gasteiger partial charge on any atom is 0.257 e. The summed E-state index contributed by atoms with van der Waals surface area (Å²) in [5.74, 6) is -0.256.